The van der Waals surface area contributed by atoms with Gasteiger partial charge in [0.15, 0.2) is 5.13 Å². The average Bonchev–Trinajstić information content (AvgIpc) is 2.64. The molecular formula is C11H13IN2OS3. The van der Waals surface area contributed by atoms with E-state index in [0.29, 0.717) is 5.13 Å². The lowest BCUT2D eigenvalue weighted by Gasteiger charge is -2.19. The Balaban J connectivity index is 2.56. The number of fused-ring (bicyclic) bond motifs is 1. The van der Waals surface area contributed by atoms with Crippen LogP contribution in [0, 0.1) is 0 Å². The van der Waals surface area contributed by atoms with Crippen molar-refractivity contribution in [2.75, 3.05) is 5.73 Å². The Morgan fingerprint density at radius 2 is 2.11 bits per heavy atom. The van der Waals surface area contributed by atoms with Gasteiger partial charge in [0.1, 0.15) is 23.0 Å². The summed E-state index contributed by atoms with van der Waals surface area (Å²) in [6, 6.07) is 4.36. The van der Waals surface area contributed by atoms with Gasteiger partial charge >= 0.3 is 0 Å². The molecule has 1 heterocycles. The van der Waals surface area contributed by atoms with Crippen molar-refractivity contribution < 1.29 is 2.51 Å². The molecule has 0 atom stereocenters. The molecule has 0 aliphatic heterocycles. The van der Waals surface area contributed by atoms with Crippen molar-refractivity contribution in [3.05, 3.63) is 17.7 Å². The monoisotopic (exact) mass is 412 g/mol. The minimum atomic E-state index is 0.109. The number of thiazole rings is 1. The molecule has 0 aliphatic carbocycles. The zero-order valence-electron chi connectivity index (χ0n) is 10.2. The fourth-order valence-electron chi connectivity index (χ4n) is 1.56. The maximum Gasteiger partial charge on any atom is 0.181 e. The van der Waals surface area contributed by atoms with E-state index >= 15 is 0 Å². The second-order valence-corrected chi connectivity index (χ2v) is 8.76. The predicted molar refractivity (Wildman–Crippen MR) is 91.3 cm³/mol. The van der Waals surface area contributed by atoms with Crippen molar-refractivity contribution in [1.82, 2.24) is 4.98 Å². The van der Waals surface area contributed by atoms with Gasteiger partial charge in [-0.15, -0.1) is 0 Å². The summed E-state index contributed by atoms with van der Waals surface area (Å²) in [6.45, 7) is 6.61. The Kier molecular flexibility index (Phi) is 4.69. The van der Waals surface area contributed by atoms with Crippen LogP contribution in [0.25, 0.3) is 10.2 Å². The van der Waals surface area contributed by atoms with Crippen molar-refractivity contribution in [1.29, 1.82) is 0 Å². The Morgan fingerprint density at radius 1 is 1.39 bits per heavy atom. The zero-order valence-corrected chi connectivity index (χ0v) is 14.8. The lowest BCUT2D eigenvalue weighted by Crippen LogP contribution is -2.10. The summed E-state index contributed by atoms with van der Waals surface area (Å²) in [5.74, 6) is 0. The van der Waals surface area contributed by atoms with Gasteiger partial charge in [-0.1, -0.05) is 32.1 Å². The molecule has 0 spiro atoms. The van der Waals surface area contributed by atoms with Gasteiger partial charge in [-0.2, -0.15) is 0 Å². The van der Waals surface area contributed by atoms with E-state index in [2.05, 4.69) is 37.9 Å². The van der Waals surface area contributed by atoms with Crippen LogP contribution in [0.15, 0.2) is 17.0 Å². The topological polar surface area (TPSA) is 48.1 Å². The highest BCUT2D eigenvalue weighted by molar-refractivity contribution is 14.1. The average molecular weight is 412 g/mol. The largest absolute Gasteiger partial charge is 0.375 e. The van der Waals surface area contributed by atoms with E-state index in [9.17, 15) is 0 Å². The van der Waals surface area contributed by atoms with Gasteiger partial charge in [0, 0.05) is 4.90 Å². The van der Waals surface area contributed by atoms with Crippen LogP contribution >= 0.6 is 56.2 Å². The van der Waals surface area contributed by atoms with E-state index in [-0.39, 0.29) is 5.41 Å². The number of aromatic nitrogens is 1. The standard InChI is InChI=1S/C11H13IN2OS3/c1-11(2,3)6-4-7-9(14-10(13)16-7)8(5-6)17-18-15-12/h4-5H,1-3H3,(H2,13,14). The number of anilines is 1. The molecule has 2 N–H and O–H groups in total. The fraction of sp³-hybridized carbons (Fsp3) is 0.364. The van der Waals surface area contributed by atoms with Crippen molar-refractivity contribution in [2.24, 2.45) is 0 Å². The lowest BCUT2D eigenvalue weighted by atomic mass is 9.87. The van der Waals surface area contributed by atoms with Crippen LogP contribution in [-0.2, 0) is 7.93 Å². The van der Waals surface area contributed by atoms with E-state index in [1.54, 1.807) is 10.8 Å². The predicted octanol–water partition coefficient (Wildman–Crippen LogP) is 5.20. The van der Waals surface area contributed by atoms with Crippen molar-refractivity contribution in [3.8, 4) is 0 Å². The van der Waals surface area contributed by atoms with E-state index in [1.165, 1.54) is 28.0 Å². The quantitative estimate of drug-likeness (QED) is 0.427. The van der Waals surface area contributed by atoms with Crippen LogP contribution in [0.4, 0.5) is 5.13 Å². The number of nitrogen functional groups attached to an aromatic ring is 1. The highest BCUT2D eigenvalue weighted by Gasteiger charge is 2.18. The number of nitrogens with two attached hydrogens (primary N) is 1. The molecule has 0 amide bonds. The number of benzene rings is 1. The zero-order chi connectivity index (χ0) is 13.3. The third-order valence-electron chi connectivity index (χ3n) is 2.49. The fourth-order valence-corrected chi connectivity index (χ4v) is 4.27. The normalized spacial score (nSPS) is 12.2. The van der Waals surface area contributed by atoms with Gasteiger partial charge in [0.25, 0.3) is 0 Å². The Labute approximate surface area is 133 Å². The maximum absolute atomic E-state index is 5.81. The number of halogens is 1. The summed E-state index contributed by atoms with van der Waals surface area (Å²) in [5.41, 5.74) is 8.17. The highest BCUT2D eigenvalue weighted by Crippen LogP contribution is 2.42. The molecular weight excluding hydrogens is 399 g/mol. The van der Waals surface area contributed by atoms with Gasteiger partial charge in [-0.25, -0.2) is 7.50 Å². The van der Waals surface area contributed by atoms with Gasteiger partial charge in [-0.05, 0) is 33.9 Å². The third kappa shape index (κ3) is 3.24. The molecule has 0 fully saturated rings. The Bertz CT molecular complexity index is 565. The number of nitrogens with zero attached hydrogens (tertiary/aromatic N) is 1. The molecule has 2 rings (SSSR count). The maximum atomic E-state index is 5.81. The first kappa shape index (κ1) is 14.7. The number of hydrogen-bond acceptors (Lipinski definition) is 6. The number of hydrogen-bond donors (Lipinski definition) is 1. The van der Waals surface area contributed by atoms with Crippen LogP contribution in [0.1, 0.15) is 26.3 Å². The van der Waals surface area contributed by atoms with Crippen molar-refractivity contribution in [2.45, 2.75) is 31.1 Å². The van der Waals surface area contributed by atoms with E-state index in [1.807, 2.05) is 23.0 Å². The second kappa shape index (κ2) is 5.74. The first-order valence-corrected chi connectivity index (χ1v) is 9.01. The minimum absolute atomic E-state index is 0.109. The molecule has 18 heavy (non-hydrogen) atoms. The number of rotatable bonds is 3. The second-order valence-electron chi connectivity index (χ2n) is 4.84. The summed E-state index contributed by atoms with van der Waals surface area (Å²) in [5, 5.41) is 0.610. The van der Waals surface area contributed by atoms with Crippen LogP contribution in [0.3, 0.4) is 0 Å². The first-order chi connectivity index (χ1) is 8.41. The first-order valence-electron chi connectivity index (χ1n) is 5.24. The Morgan fingerprint density at radius 3 is 2.72 bits per heavy atom. The van der Waals surface area contributed by atoms with Crippen LogP contribution in [-0.4, -0.2) is 4.98 Å². The molecule has 2 aromatic rings. The van der Waals surface area contributed by atoms with Gasteiger partial charge in [-0.3, -0.25) is 0 Å². The molecule has 3 nitrogen and oxygen atoms in total. The van der Waals surface area contributed by atoms with Crippen molar-refractivity contribution >= 4 is 71.6 Å². The van der Waals surface area contributed by atoms with Crippen molar-refractivity contribution in [3.63, 3.8) is 0 Å². The SMILES string of the molecule is CC(C)(C)c1cc(SSOI)c2nc(N)sc2c1. The molecule has 98 valence electrons. The van der Waals surface area contributed by atoms with Gasteiger partial charge in [0.2, 0.25) is 0 Å². The van der Waals surface area contributed by atoms with Gasteiger partial charge in [0.05, 0.1) is 21.3 Å². The molecule has 0 bridgehead atoms. The van der Waals surface area contributed by atoms with E-state index in [0.717, 1.165) is 15.1 Å². The minimum Gasteiger partial charge on any atom is -0.375 e. The molecule has 7 heteroatoms. The van der Waals surface area contributed by atoms with Crippen LogP contribution in [0.5, 0.6) is 0 Å². The molecule has 1 aromatic heterocycles. The summed E-state index contributed by atoms with van der Waals surface area (Å²) in [7, 11) is 1.57. The highest BCUT2D eigenvalue weighted by atomic mass is 127. The molecule has 0 saturated heterocycles. The smallest absolute Gasteiger partial charge is 0.181 e. The molecule has 0 aliphatic rings. The molecule has 0 unspecified atom stereocenters. The van der Waals surface area contributed by atoms with E-state index in [4.69, 9.17) is 8.25 Å². The van der Waals surface area contributed by atoms with Crippen LogP contribution < -0.4 is 5.73 Å². The summed E-state index contributed by atoms with van der Waals surface area (Å²) >= 11 is 4.73. The van der Waals surface area contributed by atoms with E-state index < -0.39 is 0 Å². The van der Waals surface area contributed by atoms with Crippen LogP contribution in [0.2, 0.25) is 0 Å². The third-order valence-corrected chi connectivity index (χ3v) is 6.15. The molecule has 0 saturated carbocycles. The Hall–Kier alpha value is 0.300. The molecule has 1 aromatic carbocycles. The van der Waals surface area contributed by atoms with Gasteiger partial charge < -0.3 is 5.73 Å². The summed E-state index contributed by atoms with van der Waals surface area (Å²) in [4.78, 5) is 5.50. The summed E-state index contributed by atoms with van der Waals surface area (Å²) < 4.78 is 6.16. The summed E-state index contributed by atoms with van der Waals surface area (Å²) in [6.07, 6.45) is 0. The molecule has 0 radical (unpaired) electrons. The lowest BCUT2D eigenvalue weighted by molar-refractivity contribution is 0.590.